The summed E-state index contributed by atoms with van der Waals surface area (Å²) in [4.78, 5) is 0. The largest absolute Gasteiger partial charge is 0.443 e. The summed E-state index contributed by atoms with van der Waals surface area (Å²) in [7, 11) is 0. The molecule has 0 saturated carbocycles. The average molecular weight is 503 g/mol. The van der Waals surface area contributed by atoms with Crippen molar-refractivity contribution in [1.29, 1.82) is 0 Å². The Labute approximate surface area is 217 Å². The van der Waals surface area contributed by atoms with E-state index in [0.717, 1.165) is 44.1 Å². The van der Waals surface area contributed by atoms with Gasteiger partial charge in [0.1, 0.15) is 0 Å². The highest BCUT2D eigenvalue weighted by atomic mass is 35.5. The Morgan fingerprint density at radius 2 is 1.09 bits per heavy atom. The number of aryl methyl sites for hydroxylation is 2. The molecule has 4 aromatic rings. The van der Waals surface area contributed by atoms with E-state index in [0.29, 0.717) is 23.3 Å². The molecule has 0 radical (unpaired) electrons. The van der Waals surface area contributed by atoms with Gasteiger partial charge in [-0.2, -0.15) is 0 Å². The first-order valence-corrected chi connectivity index (χ1v) is 12.2. The first kappa shape index (κ1) is 25.6. The lowest BCUT2D eigenvalue weighted by Gasteiger charge is -2.12. The van der Waals surface area contributed by atoms with E-state index in [1.165, 1.54) is 0 Å². The molecule has 0 unspecified atom stereocenters. The molecular weight excluding hydrogens is 477 g/mol. The van der Waals surface area contributed by atoms with Crippen molar-refractivity contribution in [2.75, 3.05) is 0 Å². The van der Waals surface area contributed by atoms with Crippen LogP contribution in [-0.2, 0) is 18.0 Å². The van der Waals surface area contributed by atoms with E-state index in [1.807, 2.05) is 86.6 Å². The lowest BCUT2D eigenvalue weighted by Crippen LogP contribution is -2.42. The molecule has 0 aliphatic heterocycles. The molecule has 4 aromatic carbocycles. The topological polar surface area (TPSA) is 49.7 Å². The van der Waals surface area contributed by atoms with Gasteiger partial charge < -0.3 is 14.8 Å². The van der Waals surface area contributed by atoms with Crippen molar-refractivity contribution in [3.8, 4) is 0 Å². The molecule has 7 heteroatoms. The molecule has 0 amide bonds. The summed E-state index contributed by atoms with van der Waals surface area (Å²) < 4.78 is 5.91. The second kappa shape index (κ2) is 11.5. The van der Waals surface area contributed by atoms with Gasteiger partial charge in [-0.1, -0.05) is 96.0 Å². The molecular formula is C28H26B2Cl2O3. The van der Waals surface area contributed by atoms with Crippen molar-refractivity contribution in [3.63, 3.8) is 0 Å². The standard InChI is InChI=1S/C28H26B2Cl2O3/c1-19-6-10-25(15-27(19)31)29(33)23-12-8-21(9-13-23)17-35-18-22-4-3-5-24(14-22)30(34)26-11-7-20(2)28(32)16-26/h3-16,33-34H,17-18H2,1-2H3. The number of ether oxygens (including phenoxy) is 1. The Hall–Kier alpha value is -2.53. The molecule has 0 saturated heterocycles. The molecule has 0 bridgehead atoms. The summed E-state index contributed by atoms with van der Waals surface area (Å²) in [6, 6.07) is 26.7. The molecule has 3 nitrogen and oxygen atoms in total. The quantitative estimate of drug-likeness (QED) is 0.362. The molecule has 4 rings (SSSR count). The Morgan fingerprint density at radius 3 is 1.66 bits per heavy atom. The summed E-state index contributed by atoms with van der Waals surface area (Å²) in [5.41, 5.74) is 7.05. The molecule has 0 atom stereocenters. The van der Waals surface area contributed by atoms with E-state index in [1.54, 1.807) is 12.1 Å². The Balaban J connectivity index is 1.35. The summed E-state index contributed by atoms with van der Waals surface area (Å²) >= 11 is 12.4. The monoisotopic (exact) mass is 502 g/mol. The number of rotatable bonds is 8. The Kier molecular flexibility index (Phi) is 8.38. The second-order valence-corrected chi connectivity index (χ2v) is 9.62. The molecule has 0 heterocycles. The Morgan fingerprint density at radius 1 is 0.600 bits per heavy atom. The van der Waals surface area contributed by atoms with Crippen LogP contribution >= 0.6 is 23.2 Å². The Bertz CT molecular complexity index is 1310. The first-order chi connectivity index (χ1) is 16.8. The highest BCUT2D eigenvalue weighted by molar-refractivity contribution is 6.79. The molecule has 0 aliphatic carbocycles. The van der Waals surface area contributed by atoms with Crippen LogP contribution in [0.15, 0.2) is 84.9 Å². The third kappa shape index (κ3) is 6.38. The van der Waals surface area contributed by atoms with Crippen LogP contribution in [0.4, 0.5) is 0 Å². The van der Waals surface area contributed by atoms with E-state index in [2.05, 4.69) is 0 Å². The predicted molar refractivity (Wildman–Crippen MR) is 148 cm³/mol. The van der Waals surface area contributed by atoms with Crippen molar-refractivity contribution in [3.05, 3.63) is 117 Å². The van der Waals surface area contributed by atoms with Crippen molar-refractivity contribution in [1.82, 2.24) is 0 Å². The van der Waals surface area contributed by atoms with Crippen LogP contribution in [0.2, 0.25) is 10.0 Å². The fourth-order valence-corrected chi connectivity index (χ4v) is 4.26. The van der Waals surface area contributed by atoms with Gasteiger partial charge in [0.25, 0.3) is 0 Å². The zero-order valence-corrected chi connectivity index (χ0v) is 21.2. The minimum atomic E-state index is -0.754. The van der Waals surface area contributed by atoms with Gasteiger partial charge in [-0.15, -0.1) is 0 Å². The minimum absolute atomic E-state index is 0.418. The van der Waals surface area contributed by atoms with Crippen molar-refractivity contribution < 1.29 is 14.8 Å². The molecule has 0 spiro atoms. The zero-order chi connectivity index (χ0) is 24.9. The van der Waals surface area contributed by atoms with E-state index in [4.69, 9.17) is 27.9 Å². The summed E-state index contributed by atoms with van der Waals surface area (Å²) in [6.07, 6.45) is 0. The van der Waals surface area contributed by atoms with Gasteiger partial charge in [0.05, 0.1) is 13.2 Å². The maximum absolute atomic E-state index is 10.8. The number of hydrogen-bond donors (Lipinski definition) is 2. The predicted octanol–water partition coefficient (Wildman–Crippen LogP) is 3.52. The van der Waals surface area contributed by atoms with Gasteiger partial charge in [-0.25, -0.2) is 0 Å². The third-order valence-electron chi connectivity index (χ3n) is 6.12. The van der Waals surface area contributed by atoms with Crippen LogP contribution in [0.1, 0.15) is 22.3 Å². The van der Waals surface area contributed by atoms with Gasteiger partial charge >= 0.3 is 13.8 Å². The zero-order valence-electron chi connectivity index (χ0n) is 19.7. The number of benzene rings is 4. The maximum atomic E-state index is 10.8. The van der Waals surface area contributed by atoms with Gasteiger partial charge in [-0.3, -0.25) is 0 Å². The second-order valence-electron chi connectivity index (χ2n) is 8.80. The number of hydrogen-bond acceptors (Lipinski definition) is 3. The van der Waals surface area contributed by atoms with Crippen LogP contribution in [0, 0.1) is 13.8 Å². The van der Waals surface area contributed by atoms with Crippen LogP contribution < -0.4 is 21.9 Å². The fourth-order valence-electron chi connectivity index (χ4n) is 3.88. The molecule has 176 valence electrons. The number of halogens is 2. The van der Waals surface area contributed by atoms with Crippen LogP contribution in [0.25, 0.3) is 0 Å². The minimum Gasteiger partial charge on any atom is -0.443 e. The van der Waals surface area contributed by atoms with E-state index < -0.39 is 13.8 Å². The van der Waals surface area contributed by atoms with Gasteiger partial charge in [0, 0.05) is 10.0 Å². The van der Waals surface area contributed by atoms with Crippen molar-refractivity contribution >= 4 is 58.9 Å². The average Bonchev–Trinajstić information content (AvgIpc) is 2.87. The molecule has 0 aromatic heterocycles. The van der Waals surface area contributed by atoms with Crippen LogP contribution in [-0.4, -0.2) is 23.9 Å². The maximum Gasteiger partial charge on any atom is 0.359 e. The molecule has 0 aliphatic rings. The lowest BCUT2D eigenvalue weighted by molar-refractivity contribution is 0.107. The normalized spacial score (nSPS) is 10.9. The van der Waals surface area contributed by atoms with Gasteiger partial charge in [0.15, 0.2) is 0 Å². The lowest BCUT2D eigenvalue weighted by atomic mass is 9.55. The molecule has 2 N–H and O–H groups in total. The highest BCUT2D eigenvalue weighted by Gasteiger charge is 2.19. The third-order valence-corrected chi connectivity index (χ3v) is 6.94. The van der Waals surface area contributed by atoms with E-state index in [9.17, 15) is 10.0 Å². The molecule has 35 heavy (non-hydrogen) atoms. The highest BCUT2D eigenvalue weighted by Crippen LogP contribution is 2.13. The fraction of sp³-hybridized carbons (Fsp3) is 0.143. The smallest absolute Gasteiger partial charge is 0.359 e. The van der Waals surface area contributed by atoms with E-state index in [-0.39, 0.29) is 0 Å². The van der Waals surface area contributed by atoms with Crippen LogP contribution in [0.5, 0.6) is 0 Å². The summed E-state index contributed by atoms with van der Waals surface area (Å²) in [5, 5.41) is 22.8. The van der Waals surface area contributed by atoms with Gasteiger partial charge in [0.2, 0.25) is 0 Å². The van der Waals surface area contributed by atoms with Crippen molar-refractivity contribution in [2.45, 2.75) is 27.1 Å². The first-order valence-electron chi connectivity index (χ1n) is 11.5. The van der Waals surface area contributed by atoms with Gasteiger partial charge in [-0.05, 0) is 70.1 Å². The van der Waals surface area contributed by atoms with Crippen LogP contribution in [0.3, 0.4) is 0 Å². The van der Waals surface area contributed by atoms with Crippen molar-refractivity contribution in [2.24, 2.45) is 0 Å². The van der Waals surface area contributed by atoms with E-state index >= 15 is 0 Å². The molecule has 0 fully saturated rings. The summed E-state index contributed by atoms with van der Waals surface area (Å²) in [5.74, 6) is 0. The summed E-state index contributed by atoms with van der Waals surface area (Å²) in [6.45, 7) is 3.24. The SMILES string of the molecule is Cc1ccc(B(O)c2ccc(COCc3cccc(B(O)c4ccc(C)c(Cl)c4)c3)cc2)cc1Cl.